The Bertz CT molecular complexity index is 561. The molecule has 0 amide bonds. The van der Waals surface area contributed by atoms with Gasteiger partial charge >= 0.3 is 0 Å². The Kier molecular flexibility index (Phi) is 4.47. The molecule has 0 aromatic heterocycles. The van der Waals surface area contributed by atoms with Crippen molar-refractivity contribution >= 4 is 10.0 Å². The topological polar surface area (TPSA) is 67.4 Å². The van der Waals surface area contributed by atoms with E-state index in [2.05, 4.69) is 10.0 Å². The van der Waals surface area contributed by atoms with E-state index in [1.54, 1.807) is 24.3 Å². The standard InChI is InChI=1S/C15H22N2O3S/c18-21(19,17-13-1-2-13)15-5-3-14(4-6-15)20-11-12-7-9-16-10-8-12/h3-6,12-13,16-17H,1-2,7-11H2. The fraction of sp³-hybridized carbons (Fsp3) is 0.600. The predicted octanol–water partition coefficient (Wildman–Crippen LogP) is 1.51. The molecule has 1 aromatic rings. The monoisotopic (exact) mass is 310 g/mol. The zero-order valence-corrected chi connectivity index (χ0v) is 12.9. The molecule has 1 aliphatic carbocycles. The molecule has 0 spiro atoms. The number of nitrogens with one attached hydrogen (secondary N) is 2. The second kappa shape index (κ2) is 6.34. The van der Waals surface area contributed by atoms with Crippen LogP contribution >= 0.6 is 0 Å². The summed E-state index contributed by atoms with van der Waals surface area (Å²) in [4.78, 5) is 0.309. The average Bonchev–Trinajstić information content (AvgIpc) is 3.30. The van der Waals surface area contributed by atoms with Crippen LogP contribution in [0.4, 0.5) is 0 Å². The molecule has 3 rings (SSSR count). The first-order valence-electron chi connectivity index (χ1n) is 7.59. The lowest BCUT2D eigenvalue weighted by molar-refractivity contribution is 0.215. The largest absolute Gasteiger partial charge is 0.493 e. The van der Waals surface area contributed by atoms with Crippen LogP contribution in [0.3, 0.4) is 0 Å². The molecule has 21 heavy (non-hydrogen) atoms. The van der Waals surface area contributed by atoms with Gasteiger partial charge < -0.3 is 10.1 Å². The molecule has 1 aromatic carbocycles. The van der Waals surface area contributed by atoms with Gasteiger partial charge in [0.15, 0.2) is 0 Å². The van der Waals surface area contributed by atoms with Crippen molar-refractivity contribution < 1.29 is 13.2 Å². The van der Waals surface area contributed by atoms with Crippen molar-refractivity contribution in [3.63, 3.8) is 0 Å². The summed E-state index contributed by atoms with van der Waals surface area (Å²) in [6.45, 7) is 2.81. The van der Waals surface area contributed by atoms with E-state index in [1.807, 2.05) is 0 Å². The maximum absolute atomic E-state index is 12.0. The summed E-state index contributed by atoms with van der Waals surface area (Å²) in [6.07, 6.45) is 4.16. The van der Waals surface area contributed by atoms with Crippen LogP contribution in [0.5, 0.6) is 5.75 Å². The summed E-state index contributed by atoms with van der Waals surface area (Å²) in [6, 6.07) is 6.83. The van der Waals surface area contributed by atoms with E-state index >= 15 is 0 Å². The van der Waals surface area contributed by atoms with Gasteiger partial charge in [-0.15, -0.1) is 0 Å². The molecule has 0 radical (unpaired) electrons. The number of sulfonamides is 1. The van der Waals surface area contributed by atoms with Gasteiger partial charge in [-0.25, -0.2) is 13.1 Å². The molecule has 6 heteroatoms. The van der Waals surface area contributed by atoms with Gasteiger partial charge in [0.1, 0.15) is 5.75 Å². The molecule has 1 saturated heterocycles. The van der Waals surface area contributed by atoms with Crippen LogP contribution in [0.25, 0.3) is 0 Å². The first-order valence-corrected chi connectivity index (χ1v) is 9.08. The molecule has 2 N–H and O–H groups in total. The second-order valence-corrected chi connectivity index (χ2v) is 7.59. The Hall–Kier alpha value is -1.11. The van der Waals surface area contributed by atoms with Crippen LogP contribution in [-0.2, 0) is 10.0 Å². The highest BCUT2D eigenvalue weighted by Crippen LogP contribution is 2.23. The van der Waals surface area contributed by atoms with E-state index in [0.29, 0.717) is 17.4 Å². The van der Waals surface area contributed by atoms with Gasteiger partial charge in [0.25, 0.3) is 0 Å². The van der Waals surface area contributed by atoms with Crippen molar-refractivity contribution in [1.82, 2.24) is 10.0 Å². The van der Waals surface area contributed by atoms with Crippen LogP contribution in [0, 0.1) is 5.92 Å². The van der Waals surface area contributed by atoms with Gasteiger partial charge in [-0.2, -0.15) is 0 Å². The molecule has 0 bridgehead atoms. The van der Waals surface area contributed by atoms with Crippen molar-refractivity contribution in [1.29, 1.82) is 0 Å². The van der Waals surface area contributed by atoms with Gasteiger partial charge in [0.2, 0.25) is 10.0 Å². The summed E-state index contributed by atoms with van der Waals surface area (Å²) in [5.74, 6) is 1.32. The van der Waals surface area contributed by atoms with Gasteiger partial charge in [0, 0.05) is 6.04 Å². The quantitative estimate of drug-likeness (QED) is 0.836. The third kappa shape index (κ3) is 4.18. The van der Waals surface area contributed by atoms with Crippen LogP contribution in [0.1, 0.15) is 25.7 Å². The third-order valence-electron chi connectivity index (χ3n) is 3.98. The molecule has 5 nitrogen and oxygen atoms in total. The zero-order chi connectivity index (χ0) is 14.7. The number of hydrogen-bond donors (Lipinski definition) is 2. The minimum absolute atomic E-state index is 0.130. The van der Waals surface area contributed by atoms with Crippen molar-refractivity contribution in [3.05, 3.63) is 24.3 Å². The smallest absolute Gasteiger partial charge is 0.240 e. The van der Waals surface area contributed by atoms with Crippen molar-refractivity contribution in [2.24, 2.45) is 5.92 Å². The highest BCUT2D eigenvalue weighted by Gasteiger charge is 2.27. The minimum Gasteiger partial charge on any atom is -0.493 e. The number of ether oxygens (including phenoxy) is 1. The maximum atomic E-state index is 12.0. The Morgan fingerprint density at radius 1 is 1.10 bits per heavy atom. The molecule has 2 fully saturated rings. The van der Waals surface area contributed by atoms with E-state index in [9.17, 15) is 8.42 Å². The Morgan fingerprint density at radius 2 is 1.76 bits per heavy atom. The van der Waals surface area contributed by atoms with Crippen LogP contribution in [0.2, 0.25) is 0 Å². The summed E-state index contributed by atoms with van der Waals surface area (Å²) in [5, 5.41) is 3.33. The van der Waals surface area contributed by atoms with Gasteiger partial charge in [-0.1, -0.05) is 0 Å². The molecule has 116 valence electrons. The summed E-state index contributed by atoms with van der Waals surface area (Å²) in [5.41, 5.74) is 0. The minimum atomic E-state index is -3.36. The molecule has 1 heterocycles. The van der Waals surface area contributed by atoms with Crippen LogP contribution < -0.4 is 14.8 Å². The summed E-state index contributed by atoms with van der Waals surface area (Å²) < 4.78 is 32.5. The number of benzene rings is 1. The average molecular weight is 310 g/mol. The molecule has 0 unspecified atom stereocenters. The fourth-order valence-electron chi connectivity index (χ4n) is 2.47. The Balaban J connectivity index is 1.55. The maximum Gasteiger partial charge on any atom is 0.240 e. The summed E-state index contributed by atoms with van der Waals surface area (Å²) >= 11 is 0. The molecule has 1 aliphatic heterocycles. The number of piperidine rings is 1. The first kappa shape index (κ1) is 14.8. The normalized spacial score (nSPS) is 20.4. The zero-order valence-electron chi connectivity index (χ0n) is 12.0. The van der Waals surface area contributed by atoms with Crippen LogP contribution in [-0.4, -0.2) is 34.2 Å². The molecule has 2 aliphatic rings. The molecule has 0 atom stereocenters. The van der Waals surface area contributed by atoms with Crippen LogP contribution in [0.15, 0.2) is 29.2 Å². The van der Waals surface area contributed by atoms with E-state index in [0.717, 1.165) is 44.5 Å². The van der Waals surface area contributed by atoms with Gasteiger partial charge in [-0.3, -0.25) is 0 Å². The second-order valence-electron chi connectivity index (χ2n) is 5.87. The van der Waals surface area contributed by atoms with E-state index in [4.69, 9.17) is 4.74 Å². The van der Waals surface area contributed by atoms with Crippen molar-refractivity contribution in [2.45, 2.75) is 36.6 Å². The lowest BCUT2D eigenvalue weighted by atomic mass is 9.99. The summed E-state index contributed by atoms with van der Waals surface area (Å²) in [7, 11) is -3.36. The SMILES string of the molecule is O=S(=O)(NC1CC1)c1ccc(OCC2CCNCC2)cc1. The highest BCUT2D eigenvalue weighted by molar-refractivity contribution is 7.89. The number of hydrogen-bond acceptors (Lipinski definition) is 4. The van der Waals surface area contributed by atoms with E-state index < -0.39 is 10.0 Å². The van der Waals surface area contributed by atoms with Gasteiger partial charge in [0.05, 0.1) is 11.5 Å². The van der Waals surface area contributed by atoms with E-state index in [-0.39, 0.29) is 6.04 Å². The Morgan fingerprint density at radius 3 is 2.38 bits per heavy atom. The first-order chi connectivity index (χ1) is 10.1. The van der Waals surface area contributed by atoms with Gasteiger partial charge in [-0.05, 0) is 69.0 Å². The molecular formula is C15H22N2O3S. The predicted molar refractivity (Wildman–Crippen MR) is 80.9 cm³/mol. The van der Waals surface area contributed by atoms with Crippen molar-refractivity contribution in [2.75, 3.05) is 19.7 Å². The van der Waals surface area contributed by atoms with E-state index in [1.165, 1.54) is 0 Å². The van der Waals surface area contributed by atoms with Crippen molar-refractivity contribution in [3.8, 4) is 5.75 Å². The fourth-order valence-corrected chi connectivity index (χ4v) is 3.77. The lowest BCUT2D eigenvalue weighted by Crippen LogP contribution is -2.30. The molecular weight excluding hydrogens is 288 g/mol. The Labute approximate surface area is 126 Å². The third-order valence-corrected chi connectivity index (χ3v) is 5.51. The lowest BCUT2D eigenvalue weighted by Gasteiger charge is -2.22. The highest BCUT2D eigenvalue weighted by atomic mass is 32.2. The number of rotatable bonds is 6. The molecule has 1 saturated carbocycles.